The fourth-order valence-electron chi connectivity index (χ4n) is 3.29. The van der Waals surface area contributed by atoms with Crippen LogP contribution in [-0.2, 0) is 0 Å². The van der Waals surface area contributed by atoms with Gasteiger partial charge in [-0.25, -0.2) is 0 Å². The Hall–Kier alpha value is -1.43. The molecular formula is C23H30Br2N3+. The van der Waals surface area contributed by atoms with Gasteiger partial charge in [0.05, 0.1) is 29.6 Å². The number of quaternary nitrogens is 1. The molecule has 3 nitrogen and oxygen atoms in total. The number of alkyl halides is 2. The fraction of sp³-hybridized carbons (Fsp3) is 0.348. The number of halogens is 2. The van der Waals surface area contributed by atoms with Crippen molar-refractivity contribution in [3.05, 3.63) is 66.4 Å². The van der Waals surface area contributed by atoms with E-state index in [9.17, 15) is 0 Å². The summed E-state index contributed by atoms with van der Waals surface area (Å²) in [6, 6.07) is 18.9. The summed E-state index contributed by atoms with van der Waals surface area (Å²) in [5, 5.41) is 7.68. The van der Waals surface area contributed by atoms with Crippen molar-refractivity contribution in [1.82, 2.24) is 0 Å². The number of hydrazone groups is 1. The molecule has 0 saturated heterocycles. The molecule has 0 aliphatic carbocycles. The van der Waals surface area contributed by atoms with Gasteiger partial charge in [0.2, 0.25) is 0 Å². The van der Waals surface area contributed by atoms with Gasteiger partial charge >= 0.3 is 0 Å². The third kappa shape index (κ3) is 6.57. The topological polar surface area (TPSA) is 20.0 Å². The number of hydrogen-bond acceptors (Lipinski definition) is 2. The maximum atomic E-state index is 4.65. The van der Waals surface area contributed by atoms with E-state index in [0.717, 1.165) is 17.6 Å². The molecule has 0 bridgehead atoms. The highest BCUT2D eigenvalue weighted by Crippen LogP contribution is 2.24. The van der Waals surface area contributed by atoms with Gasteiger partial charge in [-0.15, -0.1) is 0 Å². The molecule has 0 amide bonds. The molecule has 2 aromatic carbocycles. The largest absolute Gasteiger partial charge is 0.275 e. The lowest BCUT2D eigenvalue weighted by Crippen LogP contribution is -3.01. The Morgan fingerprint density at radius 2 is 1.61 bits per heavy atom. The summed E-state index contributed by atoms with van der Waals surface area (Å²) in [4.78, 5) is 1.45. The Kier molecular flexibility index (Phi) is 10.5. The molecule has 0 spiro atoms. The van der Waals surface area contributed by atoms with E-state index in [1.165, 1.54) is 47.4 Å². The number of fused-ring (bicyclic) bond motifs is 1. The van der Waals surface area contributed by atoms with Gasteiger partial charge in [-0.2, -0.15) is 5.10 Å². The smallest absolute Gasteiger partial charge is 0.143 e. The van der Waals surface area contributed by atoms with Crippen LogP contribution in [0.5, 0.6) is 0 Å². The zero-order valence-corrected chi connectivity index (χ0v) is 19.9. The first kappa shape index (κ1) is 22.9. The van der Waals surface area contributed by atoms with Gasteiger partial charge in [0.1, 0.15) is 11.9 Å². The second-order valence-corrected chi connectivity index (χ2v) is 7.42. The van der Waals surface area contributed by atoms with Gasteiger partial charge < -0.3 is 0 Å². The lowest BCUT2D eigenvalue weighted by atomic mass is 10.1. The van der Waals surface area contributed by atoms with Crippen LogP contribution >= 0.6 is 31.9 Å². The molecule has 150 valence electrons. The number of rotatable bonds is 9. The number of para-hydroxylation sites is 2. The van der Waals surface area contributed by atoms with Crippen LogP contribution in [0, 0.1) is 0 Å². The van der Waals surface area contributed by atoms with E-state index in [-0.39, 0.29) is 0 Å². The van der Waals surface area contributed by atoms with Crippen molar-refractivity contribution in [2.75, 3.05) is 29.8 Å². The molecule has 5 heteroatoms. The quantitative estimate of drug-likeness (QED) is 0.201. The highest BCUT2D eigenvalue weighted by atomic mass is 79.9. The van der Waals surface area contributed by atoms with Crippen LogP contribution in [0.1, 0.15) is 31.2 Å². The van der Waals surface area contributed by atoms with Crippen molar-refractivity contribution in [2.24, 2.45) is 5.10 Å². The monoisotopic (exact) mass is 506 g/mol. The van der Waals surface area contributed by atoms with Crippen LogP contribution in [-0.4, -0.2) is 31.0 Å². The van der Waals surface area contributed by atoms with E-state index in [1.807, 2.05) is 42.3 Å². The predicted molar refractivity (Wildman–Crippen MR) is 130 cm³/mol. The van der Waals surface area contributed by atoms with Crippen LogP contribution in [0.2, 0.25) is 0 Å². The maximum Gasteiger partial charge on any atom is 0.143 e. The molecule has 0 saturated carbocycles. The SMILES string of the molecule is CBr.CN(/N=C/C1=C[NH+](CCCCCCBr)c2ccccc21)c1ccccc1. The molecule has 1 unspecified atom stereocenters. The molecule has 1 aliphatic rings. The minimum absolute atomic E-state index is 1.09. The Labute approximate surface area is 186 Å². The summed E-state index contributed by atoms with van der Waals surface area (Å²) >= 11 is 6.45. The first-order valence-corrected chi connectivity index (χ1v) is 12.4. The molecule has 0 aromatic heterocycles. The Morgan fingerprint density at radius 3 is 2.36 bits per heavy atom. The van der Waals surface area contributed by atoms with E-state index in [0.29, 0.717) is 0 Å². The number of nitrogens with one attached hydrogen (secondary N) is 1. The molecule has 1 aliphatic heterocycles. The lowest BCUT2D eigenvalue weighted by molar-refractivity contribution is -0.772. The molecule has 1 atom stereocenters. The minimum atomic E-state index is 1.09. The van der Waals surface area contributed by atoms with E-state index < -0.39 is 0 Å². The van der Waals surface area contributed by atoms with E-state index in [1.54, 1.807) is 0 Å². The van der Waals surface area contributed by atoms with Gasteiger partial charge in [0, 0.05) is 18.4 Å². The summed E-state index contributed by atoms with van der Waals surface area (Å²) < 4.78 is 0. The highest BCUT2D eigenvalue weighted by Gasteiger charge is 2.24. The number of unbranched alkanes of at least 4 members (excludes halogenated alkanes) is 3. The fourth-order valence-corrected chi connectivity index (χ4v) is 3.69. The standard InChI is InChI=1S/C22H26BrN3.CH3Br/c1-25(20-11-5-4-6-12-20)24-17-19-18-26(16-10-3-2-9-15-23)22-14-8-7-13-21(19)22;1-2/h4-8,11-14,17-18H,2-3,9-10,15-16H2,1H3;1H3/p+1/b24-17+;. The van der Waals surface area contributed by atoms with Crippen LogP contribution < -0.4 is 9.91 Å². The molecule has 0 radical (unpaired) electrons. The van der Waals surface area contributed by atoms with Gasteiger partial charge in [0.25, 0.3) is 0 Å². The summed E-state index contributed by atoms with van der Waals surface area (Å²) in [5.74, 6) is 1.81. The first-order chi connectivity index (χ1) is 13.8. The number of benzene rings is 2. The average molecular weight is 508 g/mol. The van der Waals surface area contributed by atoms with Crippen molar-refractivity contribution >= 4 is 55.0 Å². The Morgan fingerprint density at radius 1 is 0.929 bits per heavy atom. The van der Waals surface area contributed by atoms with E-state index in [2.05, 4.69) is 79.6 Å². The zero-order chi connectivity index (χ0) is 20.2. The Bertz CT molecular complexity index is 759. The average Bonchev–Trinajstić information content (AvgIpc) is 3.12. The lowest BCUT2D eigenvalue weighted by Gasteiger charge is -2.11. The summed E-state index contributed by atoms with van der Waals surface area (Å²) in [6.45, 7) is 1.14. The van der Waals surface area contributed by atoms with Crippen LogP contribution in [0.25, 0.3) is 5.57 Å². The van der Waals surface area contributed by atoms with Gasteiger partial charge in [-0.05, 0) is 43.3 Å². The van der Waals surface area contributed by atoms with Crippen molar-refractivity contribution in [3.63, 3.8) is 0 Å². The number of nitrogens with zero attached hydrogens (tertiary/aromatic N) is 2. The van der Waals surface area contributed by atoms with E-state index >= 15 is 0 Å². The van der Waals surface area contributed by atoms with Gasteiger partial charge in [-0.1, -0.05) is 68.6 Å². The highest BCUT2D eigenvalue weighted by molar-refractivity contribution is 9.09. The van der Waals surface area contributed by atoms with Crippen LogP contribution in [0.4, 0.5) is 11.4 Å². The Balaban J connectivity index is 0.00000136. The van der Waals surface area contributed by atoms with Crippen LogP contribution in [0.3, 0.4) is 0 Å². The number of anilines is 1. The van der Waals surface area contributed by atoms with Crippen molar-refractivity contribution in [3.8, 4) is 0 Å². The molecule has 0 fully saturated rings. The summed E-state index contributed by atoms with van der Waals surface area (Å²) in [6.07, 6.45) is 9.43. The molecule has 2 aromatic rings. The zero-order valence-electron chi connectivity index (χ0n) is 16.7. The molecule has 3 rings (SSSR count). The maximum absolute atomic E-state index is 4.65. The van der Waals surface area contributed by atoms with Crippen molar-refractivity contribution in [1.29, 1.82) is 0 Å². The third-order valence-corrected chi connectivity index (χ3v) is 5.30. The second kappa shape index (κ2) is 12.9. The van der Waals surface area contributed by atoms with Crippen molar-refractivity contribution in [2.45, 2.75) is 25.7 Å². The normalized spacial score (nSPS) is 15.0. The van der Waals surface area contributed by atoms with Gasteiger partial charge in [-0.3, -0.25) is 9.91 Å². The molecule has 1 heterocycles. The third-order valence-electron chi connectivity index (χ3n) is 4.74. The second-order valence-electron chi connectivity index (χ2n) is 6.63. The van der Waals surface area contributed by atoms with Gasteiger partial charge in [0.15, 0.2) is 0 Å². The molecule has 1 N–H and O–H groups in total. The van der Waals surface area contributed by atoms with E-state index in [4.69, 9.17) is 0 Å². The minimum Gasteiger partial charge on any atom is -0.275 e. The first-order valence-electron chi connectivity index (χ1n) is 9.73. The summed E-state index contributed by atoms with van der Waals surface area (Å²) in [5.41, 5.74) is 4.97. The molecule has 28 heavy (non-hydrogen) atoms. The van der Waals surface area contributed by atoms with Crippen LogP contribution in [0.15, 0.2) is 65.9 Å². The van der Waals surface area contributed by atoms with Crippen molar-refractivity contribution < 1.29 is 4.90 Å². The predicted octanol–water partition coefficient (Wildman–Crippen LogP) is 5.65. The summed E-state index contributed by atoms with van der Waals surface area (Å²) in [7, 11) is 1.99. The number of hydrogen-bond donors (Lipinski definition) is 1. The number of allylic oxidation sites excluding steroid dienone is 1. The molecular weight excluding hydrogens is 478 g/mol.